The summed E-state index contributed by atoms with van der Waals surface area (Å²) in [6, 6.07) is 7.70. The van der Waals surface area contributed by atoms with E-state index in [1.54, 1.807) is 0 Å². The fraction of sp³-hybridized carbons (Fsp3) is 0.429. The van der Waals surface area contributed by atoms with Crippen LogP contribution in [0.2, 0.25) is 0 Å². The fourth-order valence-corrected chi connectivity index (χ4v) is 2.24. The predicted molar refractivity (Wildman–Crippen MR) is 76.5 cm³/mol. The molecule has 1 rings (SSSR count). The van der Waals surface area contributed by atoms with Crippen molar-refractivity contribution in [2.24, 2.45) is 0 Å². The molecule has 0 aromatic heterocycles. The molecule has 0 aliphatic carbocycles. The number of benzene rings is 1. The summed E-state index contributed by atoms with van der Waals surface area (Å²) in [6.07, 6.45) is 1.24. The lowest BCUT2D eigenvalue weighted by Gasteiger charge is -2.16. The quantitative estimate of drug-likeness (QED) is 0.799. The first-order chi connectivity index (χ1) is 8.90. The molecule has 0 saturated carbocycles. The zero-order valence-corrected chi connectivity index (χ0v) is 12.1. The molecule has 1 aromatic carbocycles. The van der Waals surface area contributed by atoms with Gasteiger partial charge in [-0.15, -0.1) is 0 Å². The Morgan fingerprint density at radius 1 is 1.37 bits per heavy atom. The monoisotopic (exact) mass is 281 g/mol. The van der Waals surface area contributed by atoms with Crippen molar-refractivity contribution in [3.05, 3.63) is 35.4 Å². The first-order valence-corrected chi connectivity index (χ1v) is 8.02. The van der Waals surface area contributed by atoms with Gasteiger partial charge >= 0.3 is 0 Å². The zero-order chi connectivity index (χ0) is 14.3. The molecule has 0 fully saturated rings. The summed E-state index contributed by atoms with van der Waals surface area (Å²) in [5.74, 6) is 5.61. The minimum Gasteiger partial charge on any atom is -0.384 e. The highest BCUT2D eigenvalue weighted by atomic mass is 32.2. The van der Waals surface area contributed by atoms with Crippen LogP contribution < -0.4 is 0 Å². The van der Waals surface area contributed by atoms with Crippen LogP contribution in [0.5, 0.6) is 0 Å². The molecule has 19 heavy (non-hydrogen) atoms. The van der Waals surface area contributed by atoms with Gasteiger partial charge in [0.1, 0.15) is 16.4 Å². The molecule has 0 aliphatic rings. The Kier molecular flexibility index (Phi) is 6.03. The molecule has 0 heterocycles. The molecule has 0 bridgehead atoms. The van der Waals surface area contributed by atoms with Gasteiger partial charge < -0.3 is 10.0 Å². The lowest BCUT2D eigenvalue weighted by atomic mass is 10.1. The van der Waals surface area contributed by atoms with Gasteiger partial charge in [0.05, 0.1) is 5.75 Å². The molecule has 0 radical (unpaired) electrons. The Bertz CT molecular complexity index is 570. The van der Waals surface area contributed by atoms with E-state index >= 15 is 0 Å². The number of sulfone groups is 1. The largest absolute Gasteiger partial charge is 0.384 e. The van der Waals surface area contributed by atoms with E-state index < -0.39 is 9.84 Å². The van der Waals surface area contributed by atoms with Crippen molar-refractivity contribution in [2.75, 3.05) is 32.2 Å². The summed E-state index contributed by atoms with van der Waals surface area (Å²) < 4.78 is 22.2. The Hall–Kier alpha value is -1.35. The molecule has 0 spiro atoms. The van der Waals surface area contributed by atoms with Gasteiger partial charge in [-0.2, -0.15) is 0 Å². The average Bonchev–Trinajstić information content (AvgIpc) is 2.33. The van der Waals surface area contributed by atoms with E-state index in [-0.39, 0.29) is 12.4 Å². The molecule has 0 atom stereocenters. The second-order valence-corrected chi connectivity index (χ2v) is 6.79. The van der Waals surface area contributed by atoms with Gasteiger partial charge in [-0.3, -0.25) is 0 Å². The third-order valence-electron chi connectivity index (χ3n) is 2.54. The summed E-state index contributed by atoms with van der Waals surface area (Å²) in [5, 5.41) is 8.65. The number of aliphatic hydroxyl groups excluding tert-OH is 1. The van der Waals surface area contributed by atoms with Crippen LogP contribution in [-0.2, 0) is 16.4 Å². The highest BCUT2D eigenvalue weighted by molar-refractivity contribution is 7.90. The van der Waals surface area contributed by atoms with Crippen molar-refractivity contribution in [1.29, 1.82) is 0 Å². The topological polar surface area (TPSA) is 57.6 Å². The van der Waals surface area contributed by atoms with Crippen molar-refractivity contribution < 1.29 is 13.5 Å². The molecule has 104 valence electrons. The number of aliphatic hydroxyl groups is 1. The van der Waals surface area contributed by atoms with Crippen molar-refractivity contribution >= 4 is 9.84 Å². The van der Waals surface area contributed by atoms with E-state index in [4.69, 9.17) is 5.11 Å². The van der Waals surface area contributed by atoms with Gasteiger partial charge in [-0.05, 0) is 24.7 Å². The summed E-state index contributed by atoms with van der Waals surface area (Å²) in [7, 11) is -1.04. The predicted octanol–water partition coefficient (Wildman–Crippen LogP) is 0.507. The molecule has 1 N–H and O–H groups in total. The Balaban J connectivity index is 2.61. The molecular weight excluding hydrogens is 262 g/mol. The number of hydrogen-bond donors (Lipinski definition) is 1. The van der Waals surface area contributed by atoms with Crippen molar-refractivity contribution in [3.8, 4) is 11.8 Å². The average molecular weight is 281 g/mol. The first-order valence-electron chi connectivity index (χ1n) is 5.95. The molecule has 0 saturated heterocycles. The summed E-state index contributed by atoms with van der Waals surface area (Å²) in [5.41, 5.74) is 1.92. The third kappa shape index (κ3) is 6.97. The molecule has 5 heteroatoms. The van der Waals surface area contributed by atoms with Gasteiger partial charge in [0.25, 0.3) is 0 Å². The highest BCUT2D eigenvalue weighted by Gasteiger charge is 2.06. The van der Waals surface area contributed by atoms with E-state index in [2.05, 4.69) is 11.8 Å². The van der Waals surface area contributed by atoms with Crippen molar-refractivity contribution in [2.45, 2.75) is 6.54 Å². The number of rotatable bonds is 5. The van der Waals surface area contributed by atoms with Crippen LogP contribution in [0.15, 0.2) is 24.3 Å². The van der Waals surface area contributed by atoms with E-state index in [9.17, 15) is 8.42 Å². The van der Waals surface area contributed by atoms with Crippen molar-refractivity contribution in [1.82, 2.24) is 4.90 Å². The SMILES string of the molecule is CN(CCS(C)(=O)=O)Cc1cccc(C#CCO)c1. The Labute approximate surface area is 115 Å². The molecule has 1 aromatic rings. The van der Waals surface area contributed by atoms with E-state index in [0.717, 1.165) is 11.1 Å². The maximum Gasteiger partial charge on any atom is 0.148 e. The second-order valence-electron chi connectivity index (χ2n) is 4.53. The molecule has 4 nitrogen and oxygen atoms in total. The van der Waals surface area contributed by atoms with E-state index in [1.165, 1.54) is 6.26 Å². The number of nitrogens with zero attached hydrogens (tertiary/aromatic N) is 1. The summed E-state index contributed by atoms with van der Waals surface area (Å²) >= 11 is 0. The van der Waals surface area contributed by atoms with E-state index in [1.807, 2.05) is 36.2 Å². The van der Waals surface area contributed by atoms with E-state index in [0.29, 0.717) is 13.1 Å². The minimum absolute atomic E-state index is 0.154. The Morgan fingerprint density at radius 3 is 2.74 bits per heavy atom. The van der Waals surface area contributed by atoms with Crippen LogP contribution in [-0.4, -0.2) is 50.6 Å². The van der Waals surface area contributed by atoms with Crippen LogP contribution in [0.3, 0.4) is 0 Å². The molecule has 0 amide bonds. The van der Waals surface area contributed by atoms with Gasteiger partial charge in [0.15, 0.2) is 0 Å². The maximum atomic E-state index is 11.1. The lowest BCUT2D eigenvalue weighted by molar-refractivity contribution is 0.346. The van der Waals surface area contributed by atoms with Gasteiger partial charge in [0.2, 0.25) is 0 Å². The zero-order valence-electron chi connectivity index (χ0n) is 11.3. The third-order valence-corrected chi connectivity index (χ3v) is 3.46. The van der Waals surface area contributed by atoms with Gasteiger partial charge in [-0.25, -0.2) is 8.42 Å². The van der Waals surface area contributed by atoms with Crippen LogP contribution in [0, 0.1) is 11.8 Å². The highest BCUT2D eigenvalue weighted by Crippen LogP contribution is 2.07. The second kappa shape index (κ2) is 7.29. The van der Waals surface area contributed by atoms with Gasteiger partial charge in [-0.1, -0.05) is 24.0 Å². The smallest absolute Gasteiger partial charge is 0.148 e. The van der Waals surface area contributed by atoms with Crippen LogP contribution in [0.25, 0.3) is 0 Å². The Morgan fingerprint density at radius 2 is 2.11 bits per heavy atom. The van der Waals surface area contributed by atoms with Gasteiger partial charge in [0, 0.05) is 24.9 Å². The fourth-order valence-electron chi connectivity index (χ4n) is 1.60. The first kappa shape index (κ1) is 15.7. The molecule has 0 aliphatic heterocycles. The summed E-state index contributed by atoms with van der Waals surface area (Å²) in [6.45, 7) is 1.02. The van der Waals surface area contributed by atoms with Crippen LogP contribution >= 0.6 is 0 Å². The molecular formula is C14H19NO3S. The standard InChI is InChI=1S/C14H19NO3S/c1-15(8-10-19(2,17)18)12-14-6-3-5-13(11-14)7-4-9-16/h3,5-6,11,16H,8-10,12H2,1-2H3. The van der Waals surface area contributed by atoms with Crippen molar-refractivity contribution in [3.63, 3.8) is 0 Å². The maximum absolute atomic E-state index is 11.1. The lowest BCUT2D eigenvalue weighted by Crippen LogP contribution is -2.24. The minimum atomic E-state index is -2.92. The normalized spacial score (nSPS) is 11.2. The number of hydrogen-bond acceptors (Lipinski definition) is 4. The molecule has 0 unspecified atom stereocenters. The van der Waals surface area contributed by atoms with Crippen LogP contribution in [0.1, 0.15) is 11.1 Å². The summed E-state index contributed by atoms with van der Waals surface area (Å²) in [4.78, 5) is 1.96. The van der Waals surface area contributed by atoms with Crippen LogP contribution in [0.4, 0.5) is 0 Å².